The number of fused-ring (bicyclic) bond motifs is 11. The predicted molar refractivity (Wildman–Crippen MR) is 179 cm³/mol. The van der Waals surface area contributed by atoms with Gasteiger partial charge in [-0.3, -0.25) is 0 Å². The molecule has 0 aliphatic heterocycles. The minimum Gasteiger partial charge on any atom is -0.455 e. The maximum atomic E-state index is 6.55. The fourth-order valence-corrected chi connectivity index (χ4v) is 9.69. The van der Waals surface area contributed by atoms with Crippen LogP contribution in [-0.4, -0.2) is 0 Å². The fourth-order valence-electron chi connectivity index (χ4n) is 7.12. The molecule has 0 atom stereocenters. The van der Waals surface area contributed by atoms with Gasteiger partial charge in [-0.25, -0.2) is 0 Å². The van der Waals surface area contributed by atoms with Gasteiger partial charge in [-0.15, -0.1) is 11.3 Å². The smallest absolute Gasteiger partial charge is 0.150 e. The first-order valence-corrected chi connectivity index (χ1v) is 16.0. The van der Waals surface area contributed by atoms with Crippen LogP contribution in [0.1, 0.15) is 22.3 Å². The van der Waals surface area contributed by atoms with E-state index in [1.54, 1.807) is 0 Å². The molecule has 1 aliphatic carbocycles. The third kappa shape index (κ3) is 3.05. The molecule has 4 heteroatoms. The van der Waals surface area contributed by atoms with E-state index < -0.39 is 5.41 Å². The fraction of sp³-hybridized carbons (Fsp3) is 0.0270. The zero-order valence-electron chi connectivity index (χ0n) is 21.6. The molecule has 2 aromatic heterocycles. The quantitative estimate of drug-likeness (QED) is 0.178. The van der Waals surface area contributed by atoms with Gasteiger partial charge in [-0.1, -0.05) is 113 Å². The molecule has 0 fully saturated rings. The lowest BCUT2D eigenvalue weighted by atomic mass is 9.67. The van der Waals surface area contributed by atoms with Crippen molar-refractivity contribution in [2.24, 2.45) is 0 Å². The van der Waals surface area contributed by atoms with E-state index in [0.717, 1.165) is 25.5 Å². The zero-order chi connectivity index (χ0) is 27.3. The Labute approximate surface area is 257 Å². The van der Waals surface area contributed by atoms with Crippen molar-refractivity contribution in [3.63, 3.8) is 0 Å². The van der Waals surface area contributed by atoms with Crippen LogP contribution >= 0.6 is 43.2 Å². The first kappa shape index (κ1) is 24.0. The molecule has 0 amide bonds. The largest absolute Gasteiger partial charge is 0.455 e. The van der Waals surface area contributed by atoms with E-state index in [1.165, 1.54) is 58.9 Å². The summed E-state index contributed by atoms with van der Waals surface area (Å²) in [5.74, 6) is 0. The van der Waals surface area contributed by atoms with Gasteiger partial charge in [-0.05, 0) is 62.4 Å². The topological polar surface area (TPSA) is 13.1 Å². The minimum atomic E-state index is -0.519. The second kappa shape index (κ2) is 8.65. The van der Waals surface area contributed by atoms with Gasteiger partial charge in [0, 0.05) is 46.5 Å². The molecule has 2 heterocycles. The maximum Gasteiger partial charge on any atom is 0.150 e. The highest BCUT2D eigenvalue weighted by atomic mass is 79.9. The van der Waals surface area contributed by atoms with Crippen molar-refractivity contribution < 1.29 is 4.42 Å². The van der Waals surface area contributed by atoms with Crippen molar-refractivity contribution in [1.29, 1.82) is 0 Å². The highest BCUT2D eigenvalue weighted by Crippen LogP contribution is 2.63. The van der Waals surface area contributed by atoms with Crippen LogP contribution in [0.5, 0.6) is 0 Å². The van der Waals surface area contributed by atoms with Gasteiger partial charge in [-0.2, -0.15) is 0 Å². The van der Waals surface area contributed by atoms with Gasteiger partial charge in [0.2, 0.25) is 0 Å². The SMILES string of the molecule is Brc1cc2c(c3c1oc1ccccc13)-c1c(cc(Br)c3c1sc1ccccc13)C2(c1ccccc1)c1ccccc1. The number of benzene rings is 6. The molecule has 194 valence electrons. The third-order valence-electron chi connectivity index (χ3n) is 8.68. The zero-order valence-corrected chi connectivity index (χ0v) is 25.6. The number of hydrogen-bond acceptors (Lipinski definition) is 2. The summed E-state index contributed by atoms with van der Waals surface area (Å²) >= 11 is 9.91. The van der Waals surface area contributed by atoms with Crippen LogP contribution < -0.4 is 0 Å². The standard InChI is InChI=1S/C37H20Br2OS/c38-27-19-26-34(36-31(27)24-16-8-10-18-30(24)41-36)33-25(20-28(39)35-32(33)23-15-7-9-17-29(23)40-35)37(26,21-11-3-1-4-12-21)22-13-5-2-6-14-22/h1-20H. The summed E-state index contributed by atoms with van der Waals surface area (Å²) < 4.78 is 11.2. The van der Waals surface area contributed by atoms with Crippen molar-refractivity contribution in [2.45, 2.75) is 5.41 Å². The molecule has 0 bridgehead atoms. The molecule has 0 spiro atoms. The number of hydrogen-bond donors (Lipinski definition) is 0. The Hall–Kier alpha value is -3.70. The number of halogens is 2. The van der Waals surface area contributed by atoms with Gasteiger partial charge in [0.1, 0.15) is 11.2 Å². The first-order valence-electron chi connectivity index (χ1n) is 13.6. The number of furan rings is 1. The Balaban J connectivity index is 1.61. The van der Waals surface area contributed by atoms with E-state index in [9.17, 15) is 0 Å². The molecule has 1 aliphatic rings. The summed E-state index contributed by atoms with van der Waals surface area (Å²) in [6.07, 6.45) is 0. The van der Waals surface area contributed by atoms with Crippen molar-refractivity contribution in [3.05, 3.63) is 153 Å². The first-order chi connectivity index (χ1) is 20.2. The van der Waals surface area contributed by atoms with Crippen LogP contribution in [0.3, 0.4) is 0 Å². The molecule has 9 rings (SSSR count). The second-order valence-corrected chi connectivity index (χ2v) is 13.4. The molecule has 41 heavy (non-hydrogen) atoms. The average Bonchev–Trinajstić information content (AvgIpc) is 3.67. The van der Waals surface area contributed by atoms with E-state index in [4.69, 9.17) is 4.42 Å². The Morgan fingerprint density at radius 1 is 0.561 bits per heavy atom. The number of rotatable bonds is 2. The van der Waals surface area contributed by atoms with E-state index in [0.29, 0.717) is 0 Å². The van der Waals surface area contributed by atoms with Crippen LogP contribution in [0.4, 0.5) is 0 Å². The molecular weight excluding hydrogens is 652 g/mol. The number of thiophene rings is 1. The van der Waals surface area contributed by atoms with Crippen LogP contribution in [0.25, 0.3) is 53.2 Å². The Bertz CT molecular complexity index is 2290. The van der Waals surface area contributed by atoms with E-state index >= 15 is 0 Å². The average molecular weight is 672 g/mol. The monoisotopic (exact) mass is 670 g/mol. The Morgan fingerprint density at radius 2 is 1.15 bits per heavy atom. The predicted octanol–water partition coefficient (Wildman–Crippen LogP) is 11.8. The van der Waals surface area contributed by atoms with Crippen LogP contribution in [0, 0.1) is 0 Å². The number of para-hydroxylation sites is 1. The van der Waals surface area contributed by atoms with Crippen LogP contribution in [0.15, 0.2) is 135 Å². The van der Waals surface area contributed by atoms with Gasteiger partial charge in [0.05, 0.1) is 9.89 Å². The Morgan fingerprint density at radius 3 is 1.88 bits per heavy atom. The van der Waals surface area contributed by atoms with Crippen molar-refractivity contribution >= 4 is 85.3 Å². The Kier molecular flexibility index (Phi) is 5.06. The molecule has 0 radical (unpaired) electrons. The molecule has 6 aromatic carbocycles. The molecule has 1 nitrogen and oxygen atoms in total. The molecule has 8 aromatic rings. The van der Waals surface area contributed by atoms with Crippen molar-refractivity contribution in [2.75, 3.05) is 0 Å². The van der Waals surface area contributed by atoms with E-state index in [2.05, 4.69) is 147 Å². The second-order valence-electron chi connectivity index (χ2n) is 10.6. The lowest BCUT2D eigenvalue weighted by molar-refractivity contribution is 0.666. The molecule has 0 saturated heterocycles. The normalized spacial score (nSPS) is 13.8. The molecular formula is C37H20Br2OS. The summed E-state index contributed by atoms with van der Waals surface area (Å²) in [4.78, 5) is 0. The van der Waals surface area contributed by atoms with E-state index in [1.807, 2.05) is 17.4 Å². The van der Waals surface area contributed by atoms with Gasteiger partial charge < -0.3 is 4.42 Å². The molecule has 0 N–H and O–H groups in total. The third-order valence-corrected chi connectivity index (χ3v) is 11.1. The summed E-state index contributed by atoms with van der Waals surface area (Å²) in [7, 11) is 0. The summed E-state index contributed by atoms with van der Waals surface area (Å²) in [6, 6.07) is 43.8. The minimum absolute atomic E-state index is 0.519. The van der Waals surface area contributed by atoms with Gasteiger partial charge in [0.25, 0.3) is 0 Å². The van der Waals surface area contributed by atoms with Crippen LogP contribution in [-0.2, 0) is 5.41 Å². The summed E-state index contributed by atoms with van der Waals surface area (Å²) in [5, 5.41) is 4.86. The van der Waals surface area contributed by atoms with Crippen molar-refractivity contribution in [3.8, 4) is 11.1 Å². The van der Waals surface area contributed by atoms with E-state index in [-0.39, 0.29) is 0 Å². The molecule has 0 unspecified atom stereocenters. The summed E-state index contributed by atoms with van der Waals surface area (Å²) in [6.45, 7) is 0. The van der Waals surface area contributed by atoms with Crippen LogP contribution in [0.2, 0.25) is 0 Å². The van der Waals surface area contributed by atoms with Gasteiger partial charge >= 0.3 is 0 Å². The van der Waals surface area contributed by atoms with Gasteiger partial charge in [0.15, 0.2) is 0 Å². The lowest BCUT2D eigenvalue weighted by Crippen LogP contribution is -2.28. The molecule has 0 saturated carbocycles. The maximum absolute atomic E-state index is 6.55. The lowest BCUT2D eigenvalue weighted by Gasteiger charge is -2.34. The highest BCUT2D eigenvalue weighted by molar-refractivity contribution is 9.11. The summed E-state index contributed by atoms with van der Waals surface area (Å²) in [5.41, 5.74) is 8.90. The van der Waals surface area contributed by atoms with Crippen molar-refractivity contribution in [1.82, 2.24) is 0 Å². The highest BCUT2D eigenvalue weighted by Gasteiger charge is 2.49.